The van der Waals surface area contributed by atoms with Crippen LogP contribution in [0.5, 0.6) is 0 Å². The first-order valence-electron chi connectivity index (χ1n) is 8.81. The quantitative estimate of drug-likeness (QED) is 0.860. The highest BCUT2D eigenvalue weighted by atomic mass is 16.3. The molecule has 0 spiro atoms. The van der Waals surface area contributed by atoms with Crippen LogP contribution in [0.25, 0.3) is 0 Å². The fourth-order valence-corrected chi connectivity index (χ4v) is 4.92. The van der Waals surface area contributed by atoms with E-state index in [-0.39, 0.29) is 34.7 Å². The molecule has 0 saturated heterocycles. The number of aliphatic hydroxyl groups excluding tert-OH is 1. The summed E-state index contributed by atoms with van der Waals surface area (Å²) in [6, 6.07) is 0. The van der Waals surface area contributed by atoms with Gasteiger partial charge in [0.25, 0.3) is 0 Å². The largest absolute Gasteiger partial charge is 0.393 e. The third kappa shape index (κ3) is 3.02. The van der Waals surface area contributed by atoms with Crippen LogP contribution in [-0.4, -0.2) is 22.8 Å². The number of hydrogen-bond acceptors (Lipinski definition) is 3. The third-order valence-corrected chi connectivity index (χ3v) is 6.73. The Hall–Kier alpha value is -0.700. The molecule has 3 nitrogen and oxygen atoms in total. The molecule has 0 aromatic rings. The molecule has 126 valence electrons. The van der Waals surface area contributed by atoms with Crippen LogP contribution in [0.4, 0.5) is 0 Å². The van der Waals surface area contributed by atoms with Crippen molar-refractivity contribution in [2.45, 2.75) is 79.2 Å². The van der Waals surface area contributed by atoms with Crippen LogP contribution < -0.4 is 0 Å². The van der Waals surface area contributed by atoms with Crippen molar-refractivity contribution in [3.63, 3.8) is 0 Å². The molecule has 4 unspecified atom stereocenters. The summed E-state index contributed by atoms with van der Waals surface area (Å²) in [5.74, 6) is 1.20. The van der Waals surface area contributed by atoms with Gasteiger partial charge in [-0.3, -0.25) is 9.59 Å². The Morgan fingerprint density at radius 2 is 1.91 bits per heavy atom. The number of carbonyl (C=O) groups is 2. The normalized spacial score (nSPS) is 38.0. The summed E-state index contributed by atoms with van der Waals surface area (Å²) in [5, 5.41) is 10.4. The molecular weight excluding hydrogens is 276 g/mol. The summed E-state index contributed by atoms with van der Waals surface area (Å²) in [4.78, 5) is 24.3. The van der Waals surface area contributed by atoms with Gasteiger partial charge in [-0.1, -0.05) is 34.6 Å². The predicted molar refractivity (Wildman–Crippen MR) is 87.4 cm³/mol. The lowest BCUT2D eigenvalue weighted by molar-refractivity contribution is -0.156. The highest BCUT2D eigenvalue weighted by Crippen LogP contribution is 2.60. The third-order valence-electron chi connectivity index (χ3n) is 6.73. The van der Waals surface area contributed by atoms with E-state index >= 15 is 0 Å². The predicted octanol–water partition coefficient (Wildman–Crippen LogP) is 3.77. The number of carbonyl (C=O) groups excluding carboxylic acids is 2. The van der Waals surface area contributed by atoms with Gasteiger partial charge >= 0.3 is 0 Å². The van der Waals surface area contributed by atoms with E-state index in [4.69, 9.17) is 0 Å². The Labute approximate surface area is 134 Å². The lowest BCUT2D eigenvalue weighted by Crippen LogP contribution is -2.55. The van der Waals surface area contributed by atoms with E-state index in [1.165, 1.54) is 0 Å². The van der Waals surface area contributed by atoms with Gasteiger partial charge < -0.3 is 5.11 Å². The molecule has 2 aliphatic rings. The summed E-state index contributed by atoms with van der Waals surface area (Å²) >= 11 is 0. The Morgan fingerprint density at radius 3 is 2.50 bits per heavy atom. The summed E-state index contributed by atoms with van der Waals surface area (Å²) in [6.07, 6.45) is 4.07. The molecule has 3 heteroatoms. The summed E-state index contributed by atoms with van der Waals surface area (Å²) < 4.78 is 0. The molecular formula is C19H32O3. The maximum atomic E-state index is 12.3. The molecule has 0 radical (unpaired) electrons. The van der Waals surface area contributed by atoms with Gasteiger partial charge in [-0.15, -0.1) is 0 Å². The van der Waals surface area contributed by atoms with Crippen molar-refractivity contribution in [1.82, 2.24) is 0 Å². The fraction of sp³-hybridized carbons (Fsp3) is 0.895. The van der Waals surface area contributed by atoms with E-state index in [1.807, 2.05) is 13.8 Å². The number of aliphatic hydroxyl groups is 1. The van der Waals surface area contributed by atoms with Crippen molar-refractivity contribution in [3.8, 4) is 0 Å². The van der Waals surface area contributed by atoms with Gasteiger partial charge in [-0.25, -0.2) is 0 Å². The van der Waals surface area contributed by atoms with Crippen LogP contribution in [0.3, 0.4) is 0 Å². The second-order valence-corrected chi connectivity index (χ2v) is 8.74. The molecule has 4 atom stereocenters. The minimum atomic E-state index is -0.325. The van der Waals surface area contributed by atoms with Gasteiger partial charge in [0.1, 0.15) is 11.6 Å². The minimum Gasteiger partial charge on any atom is -0.393 e. The molecule has 2 saturated carbocycles. The van der Waals surface area contributed by atoms with E-state index in [9.17, 15) is 14.7 Å². The number of Topliss-reactive ketones (excluding diaryl/α,β-unsaturated/α-hetero) is 2. The monoisotopic (exact) mass is 308 g/mol. The molecule has 0 bridgehead atoms. The van der Waals surface area contributed by atoms with Gasteiger partial charge in [0.15, 0.2) is 0 Å². The van der Waals surface area contributed by atoms with Crippen LogP contribution in [0.1, 0.15) is 73.1 Å². The molecule has 0 aromatic heterocycles. The van der Waals surface area contributed by atoms with Crippen LogP contribution in [0.15, 0.2) is 0 Å². The minimum absolute atomic E-state index is 0.0764. The maximum absolute atomic E-state index is 12.3. The van der Waals surface area contributed by atoms with Crippen molar-refractivity contribution in [3.05, 3.63) is 0 Å². The smallest absolute Gasteiger partial charge is 0.135 e. The number of hydrogen-bond donors (Lipinski definition) is 1. The SMILES string of the molecule is CC(C)C(=O)CCC1CC(=O)CC2C(C)(C)C(O)CCC12C. The van der Waals surface area contributed by atoms with Crippen molar-refractivity contribution < 1.29 is 14.7 Å². The fourth-order valence-electron chi connectivity index (χ4n) is 4.92. The average Bonchev–Trinajstić information content (AvgIpc) is 2.43. The summed E-state index contributed by atoms with van der Waals surface area (Å²) in [6.45, 7) is 10.4. The Morgan fingerprint density at radius 1 is 1.27 bits per heavy atom. The second kappa shape index (κ2) is 6.07. The Bertz CT molecular complexity index is 452. The van der Waals surface area contributed by atoms with Gasteiger partial charge in [0.2, 0.25) is 0 Å². The van der Waals surface area contributed by atoms with Crippen molar-refractivity contribution in [1.29, 1.82) is 0 Å². The zero-order valence-corrected chi connectivity index (χ0v) is 14.8. The van der Waals surface area contributed by atoms with Crippen LogP contribution >= 0.6 is 0 Å². The van der Waals surface area contributed by atoms with E-state index in [1.54, 1.807) is 0 Å². The zero-order valence-electron chi connectivity index (χ0n) is 14.8. The summed E-state index contributed by atoms with van der Waals surface area (Å²) in [5.41, 5.74) is -0.142. The van der Waals surface area contributed by atoms with E-state index in [2.05, 4.69) is 20.8 Å². The molecule has 22 heavy (non-hydrogen) atoms. The standard InChI is InChI=1S/C19H32O3/c1-12(2)15(21)7-6-13-10-14(20)11-16-18(3,4)17(22)8-9-19(13,16)5/h12-13,16-17,22H,6-11H2,1-5H3. The first kappa shape index (κ1) is 17.7. The zero-order chi connectivity index (χ0) is 16.7. The van der Waals surface area contributed by atoms with Crippen LogP contribution in [-0.2, 0) is 9.59 Å². The Balaban J connectivity index is 2.20. The Kier molecular flexibility index (Phi) is 4.87. The molecule has 1 N–H and O–H groups in total. The van der Waals surface area contributed by atoms with Crippen molar-refractivity contribution in [2.75, 3.05) is 0 Å². The maximum Gasteiger partial charge on any atom is 0.135 e. The van der Waals surface area contributed by atoms with E-state index < -0.39 is 0 Å². The van der Waals surface area contributed by atoms with Gasteiger partial charge in [-0.05, 0) is 41.9 Å². The first-order valence-corrected chi connectivity index (χ1v) is 8.81. The lowest BCUT2D eigenvalue weighted by atomic mass is 9.47. The van der Waals surface area contributed by atoms with E-state index in [0.29, 0.717) is 30.8 Å². The topological polar surface area (TPSA) is 54.4 Å². The first-order chi connectivity index (χ1) is 10.1. The van der Waals surface area contributed by atoms with Gasteiger partial charge in [-0.2, -0.15) is 0 Å². The molecule has 2 rings (SSSR count). The number of ketones is 2. The van der Waals surface area contributed by atoms with Crippen LogP contribution in [0, 0.1) is 28.6 Å². The van der Waals surface area contributed by atoms with Crippen molar-refractivity contribution >= 4 is 11.6 Å². The molecule has 0 aromatic carbocycles. The van der Waals surface area contributed by atoms with Gasteiger partial charge in [0.05, 0.1) is 6.10 Å². The van der Waals surface area contributed by atoms with Crippen molar-refractivity contribution in [2.24, 2.45) is 28.6 Å². The molecule has 0 aliphatic heterocycles. The molecule has 0 amide bonds. The van der Waals surface area contributed by atoms with E-state index in [0.717, 1.165) is 19.3 Å². The second-order valence-electron chi connectivity index (χ2n) is 8.74. The number of rotatable bonds is 4. The van der Waals surface area contributed by atoms with Crippen LogP contribution in [0.2, 0.25) is 0 Å². The molecule has 2 aliphatic carbocycles. The highest BCUT2D eigenvalue weighted by molar-refractivity contribution is 5.81. The number of fused-ring (bicyclic) bond motifs is 1. The average molecular weight is 308 g/mol. The highest BCUT2D eigenvalue weighted by Gasteiger charge is 2.56. The molecule has 2 fully saturated rings. The summed E-state index contributed by atoms with van der Waals surface area (Å²) in [7, 11) is 0. The van der Waals surface area contributed by atoms with Gasteiger partial charge in [0, 0.05) is 25.2 Å². The molecule has 0 heterocycles. The lowest BCUT2D eigenvalue weighted by Gasteiger charge is -2.58.